The second-order valence-corrected chi connectivity index (χ2v) is 4.77. The molecular formula is C12H16N4O4. The number of hydrogen-bond donors (Lipinski definition) is 2. The lowest BCUT2D eigenvalue weighted by molar-refractivity contribution is -0.383. The summed E-state index contributed by atoms with van der Waals surface area (Å²) < 4.78 is 0. The Labute approximate surface area is 115 Å². The number of benzene rings is 1. The number of anilines is 2. The SMILES string of the molecule is C[C@H]1CN(C(=O)O)CCN1c1ccc([N+](=O)[O-])c(N)c1. The fourth-order valence-electron chi connectivity index (χ4n) is 2.40. The van der Waals surface area contributed by atoms with Gasteiger partial charge in [-0.3, -0.25) is 10.1 Å². The minimum absolute atomic E-state index is 0.0132. The molecule has 0 bridgehead atoms. The Morgan fingerprint density at radius 1 is 1.50 bits per heavy atom. The summed E-state index contributed by atoms with van der Waals surface area (Å²) in [6.07, 6.45) is -0.931. The lowest BCUT2D eigenvalue weighted by Gasteiger charge is -2.40. The first kappa shape index (κ1) is 13.9. The van der Waals surface area contributed by atoms with E-state index in [4.69, 9.17) is 10.8 Å². The van der Waals surface area contributed by atoms with Gasteiger partial charge in [-0.1, -0.05) is 0 Å². The van der Waals surface area contributed by atoms with E-state index >= 15 is 0 Å². The maximum Gasteiger partial charge on any atom is 0.407 e. The van der Waals surface area contributed by atoms with Crippen LogP contribution < -0.4 is 10.6 Å². The van der Waals surface area contributed by atoms with E-state index in [0.717, 1.165) is 5.69 Å². The van der Waals surface area contributed by atoms with E-state index in [1.165, 1.54) is 11.0 Å². The third kappa shape index (κ3) is 2.58. The predicted molar refractivity (Wildman–Crippen MR) is 73.9 cm³/mol. The largest absolute Gasteiger partial charge is 0.465 e. The highest BCUT2D eigenvalue weighted by Gasteiger charge is 2.27. The van der Waals surface area contributed by atoms with Gasteiger partial charge in [0.05, 0.1) is 4.92 Å². The standard InChI is InChI=1S/C12H16N4O4/c1-8-7-14(12(17)18)4-5-15(8)9-2-3-11(16(19)20)10(13)6-9/h2-3,6,8H,4-5,7,13H2,1H3,(H,17,18)/t8-/m0/s1. The first-order valence-corrected chi connectivity index (χ1v) is 6.18. The molecule has 1 heterocycles. The molecule has 8 nitrogen and oxygen atoms in total. The molecule has 1 aliphatic rings. The van der Waals surface area contributed by atoms with Crippen molar-refractivity contribution in [2.75, 3.05) is 30.3 Å². The van der Waals surface area contributed by atoms with Crippen LogP contribution in [0.4, 0.5) is 21.9 Å². The molecule has 0 spiro atoms. The Hall–Kier alpha value is -2.51. The number of nitrogens with two attached hydrogens (primary N) is 1. The Morgan fingerprint density at radius 3 is 2.70 bits per heavy atom. The molecule has 3 N–H and O–H groups in total. The third-order valence-electron chi connectivity index (χ3n) is 3.44. The normalized spacial score (nSPS) is 18.9. The Kier molecular flexibility index (Phi) is 3.64. The average molecular weight is 280 g/mol. The molecule has 1 saturated heterocycles. The molecule has 0 aromatic heterocycles. The smallest absolute Gasteiger partial charge is 0.407 e. The van der Waals surface area contributed by atoms with E-state index in [1.54, 1.807) is 12.1 Å². The van der Waals surface area contributed by atoms with Crippen LogP contribution in [0, 0.1) is 10.1 Å². The number of nitro benzene ring substituents is 1. The molecule has 0 radical (unpaired) electrons. The van der Waals surface area contributed by atoms with Crippen molar-refractivity contribution in [2.45, 2.75) is 13.0 Å². The number of carboxylic acid groups (broad SMARTS) is 1. The molecule has 1 amide bonds. The van der Waals surface area contributed by atoms with Crippen molar-refractivity contribution in [3.63, 3.8) is 0 Å². The Morgan fingerprint density at radius 2 is 2.20 bits per heavy atom. The fraction of sp³-hybridized carbons (Fsp3) is 0.417. The van der Waals surface area contributed by atoms with Crippen molar-refractivity contribution in [1.29, 1.82) is 0 Å². The van der Waals surface area contributed by atoms with E-state index in [9.17, 15) is 14.9 Å². The molecule has 1 fully saturated rings. The summed E-state index contributed by atoms with van der Waals surface area (Å²) in [6.45, 7) is 3.24. The maximum atomic E-state index is 10.9. The second-order valence-electron chi connectivity index (χ2n) is 4.77. The van der Waals surface area contributed by atoms with Gasteiger partial charge in [0.2, 0.25) is 0 Å². The van der Waals surface area contributed by atoms with Crippen molar-refractivity contribution in [3.8, 4) is 0 Å². The van der Waals surface area contributed by atoms with Gasteiger partial charge >= 0.3 is 6.09 Å². The van der Waals surface area contributed by atoms with E-state index in [1.807, 2.05) is 11.8 Å². The van der Waals surface area contributed by atoms with E-state index < -0.39 is 11.0 Å². The fourth-order valence-corrected chi connectivity index (χ4v) is 2.40. The highest BCUT2D eigenvalue weighted by Crippen LogP contribution is 2.29. The molecule has 0 unspecified atom stereocenters. The lowest BCUT2D eigenvalue weighted by atomic mass is 10.1. The number of carbonyl (C=O) groups is 1. The van der Waals surface area contributed by atoms with Crippen LogP contribution in [0.25, 0.3) is 0 Å². The zero-order valence-electron chi connectivity index (χ0n) is 11.0. The number of rotatable bonds is 2. The van der Waals surface area contributed by atoms with Gasteiger partial charge in [0.1, 0.15) is 5.69 Å². The predicted octanol–water partition coefficient (Wildman–Crippen LogP) is 1.37. The molecule has 2 rings (SSSR count). The first-order chi connectivity index (χ1) is 9.40. The highest BCUT2D eigenvalue weighted by atomic mass is 16.6. The monoisotopic (exact) mass is 280 g/mol. The minimum atomic E-state index is -0.931. The number of nitrogen functional groups attached to an aromatic ring is 1. The van der Waals surface area contributed by atoms with Crippen LogP contribution in [-0.2, 0) is 0 Å². The molecule has 0 aliphatic carbocycles. The summed E-state index contributed by atoms with van der Waals surface area (Å²) in [5, 5.41) is 19.7. The van der Waals surface area contributed by atoms with Crippen LogP contribution in [0.5, 0.6) is 0 Å². The average Bonchev–Trinajstić information content (AvgIpc) is 2.37. The topological polar surface area (TPSA) is 113 Å². The second kappa shape index (κ2) is 5.24. The van der Waals surface area contributed by atoms with E-state index in [-0.39, 0.29) is 17.4 Å². The number of amides is 1. The molecule has 8 heteroatoms. The molecule has 1 aromatic rings. The summed E-state index contributed by atoms with van der Waals surface area (Å²) in [7, 11) is 0. The van der Waals surface area contributed by atoms with Gasteiger partial charge in [-0.15, -0.1) is 0 Å². The number of hydrogen-bond acceptors (Lipinski definition) is 5. The number of nitro groups is 1. The number of piperazine rings is 1. The summed E-state index contributed by atoms with van der Waals surface area (Å²) in [4.78, 5) is 24.5. The van der Waals surface area contributed by atoms with Crippen molar-refractivity contribution in [3.05, 3.63) is 28.3 Å². The van der Waals surface area contributed by atoms with Gasteiger partial charge in [-0.05, 0) is 19.1 Å². The van der Waals surface area contributed by atoms with Crippen LogP contribution in [0.2, 0.25) is 0 Å². The lowest BCUT2D eigenvalue weighted by Crippen LogP contribution is -2.53. The molecule has 108 valence electrons. The van der Waals surface area contributed by atoms with Crippen LogP contribution in [0.15, 0.2) is 18.2 Å². The quantitative estimate of drug-likeness (QED) is 0.480. The van der Waals surface area contributed by atoms with Gasteiger partial charge in [0, 0.05) is 37.4 Å². The van der Waals surface area contributed by atoms with Crippen LogP contribution in [0.1, 0.15) is 6.92 Å². The Balaban J connectivity index is 2.19. The van der Waals surface area contributed by atoms with Crippen molar-refractivity contribution in [1.82, 2.24) is 4.90 Å². The Bertz CT molecular complexity index is 548. The van der Waals surface area contributed by atoms with Crippen LogP contribution in [0.3, 0.4) is 0 Å². The maximum absolute atomic E-state index is 10.9. The molecule has 1 aliphatic heterocycles. The summed E-state index contributed by atoms with van der Waals surface area (Å²) in [6, 6.07) is 4.56. The van der Waals surface area contributed by atoms with E-state index in [2.05, 4.69) is 0 Å². The molecule has 20 heavy (non-hydrogen) atoms. The third-order valence-corrected chi connectivity index (χ3v) is 3.44. The van der Waals surface area contributed by atoms with Crippen LogP contribution in [-0.4, -0.2) is 46.7 Å². The van der Waals surface area contributed by atoms with Gasteiger partial charge in [0.25, 0.3) is 5.69 Å². The van der Waals surface area contributed by atoms with Crippen molar-refractivity contribution in [2.24, 2.45) is 0 Å². The van der Waals surface area contributed by atoms with Crippen molar-refractivity contribution >= 4 is 23.2 Å². The molecular weight excluding hydrogens is 264 g/mol. The molecule has 1 atom stereocenters. The zero-order chi connectivity index (χ0) is 14.9. The van der Waals surface area contributed by atoms with Gasteiger partial charge in [0.15, 0.2) is 0 Å². The summed E-state index contributed by atoms with van der Waals surface area (Å²) in [5.41, 5.74) is 6.44. The minimum Gasteiger partial charge on any atom is -0.465 e. The van der Waals surface area contributed by atoms with Crippen molar-refractivity contribution < 1.29 is 14.8 Å². The number of nitrogens with zero attached hydrogens (tertiary/aromatic N) is 3. The zero-order valence-corrected chi connectivity index (χ0v) is 11.0. The summed E-state index contributed by atoms with van der Waals surface area (Å²) >= 11 is 0. The first-order valence-electron chi connectivity index (χ1n) is 6.18. The van der Waals surface area contributed by atoms with Gasteiger partial charge in [-0.2, -0.15) is 0 Å². The molecule has 0 saturated carbocycles. The summed E-state index contributed by atoms with van der Waals surface area (Å²) in [5.74, 6) is 0. The highest BCUT2D eigenvalue weighted by molar-refractivity contribution is 5.68. The van der Waals surface area contributed by atoms with Crippen LogP contribution >= 0.6 is 0 Å². The van der Waals surface area contributed by atoms with Gasteiger partial charge < -0.3 is 20.6 Å². The van der Waals surface area contributed by atoms with E-state index in [0.29, 0.717) is 19.6 Å². The van der Waals surface area contributed by atoms with Gasteiger partial charge in [-0.25, -0.2) is 4.79 Å². The molecule has 1 aromatic carbocycles.